The van der Waals surface area contributed by atoms with E-state index in [1.807, 2.05) is 35.9 Å². The van der Waals surface area contributed by atoms with Crippen molar-refractivity contribution in [1.82, 2.24) is 10.3 Å². The van der Waals surface area contributed by atoms with Gasteiger partial charge >= 0.3 is 0 Å². The topological polar surface area (TPSA) is 55.9 Å². The van der Waals surface area contributed by atoms with Gasteiger partial charge in [0.25, 0.3) is 0 Å². The largest absolute Gasteiger partial charge is 0.493 e. The van der Waals surface area contributed by atoms with Gasteiger partial charge in [-0.2, -0.15) is 0 Å². The molecule has 1 fully saturated rings. The normalized spacial score (nSPS) is 13.4. The molecular formula is C25H33Cl2N3O3S. The summed E-state index contributed by atoms with van der Waals surface area (Å²) in [5.41, 5.74) is 4.50. The van der Waals surface area contributed by atoms with E-state index >= 15 is 0 Å². The van der Waals surface area contributed by atoms with Crippen molar-refractivity contribution >= 4 is 41.2 Å². The van der Waals surface area contributed by atoms with Gasteiger partial charge in [0.05, 0.1) is 26.3 Å². The number of halogens is 2. The van der Waals surface area contributed by atoms with Crippen LogP contribution in [0.1, 0.15) is 24.0 Å². The molecule has 0 aliphatic carbocycles. The third kappa shape index (κ3) is 6.27. The van der Waals surface area contributed by atoms with Gasteiger partial charge in [-0.05, 0) is 79.2 Å². The summed E-state index contributed by atoms with van der Waals surface area (Å²) in [5, 5.41) is 7.04. The number of piperidine rings is 1. The van der Waals surface area contributed by atoms with Gasteiger partial charge in [0.1, 0.15) is 0 Å². The molecule has 2 aromatic heterocycles. The average Bonchev–Trinajstić information content (AvgIpc) is 3.28. The van der Waals surface area contributed by atoms with Gasteiger partial charge in [-0.25, -0.2) is 0 Å². The predicted octanol–water partition coefficient (Wildman–Crippen LogP) is 5.75. The number of aryl methyl sites for hydroxylation is 1. The van der Waals surface area contributed by atoms with Crippen LogP contribution in [0.2, 0.25) is 0 Å². The molecule has 6 nitrogen and oxygen atoms in total. The van der Waals surface area contributed by atoms with Crippen LogP contribution >= 0.6 is 36.2 Å². The first-order valence-electron chi connectivity index (χ1n) is 10.9. The number of methoxy groups -OCH3 is 3. The van der Waals surface area contributed by atoms with E-state index in [0.29, 0.717) is 23.3 Å². The molecule has 0 bridgehead atoms. The van der Waals surface area contributed by atoms with E-state index in [0.717, 1.165) is 43.6 Å². The summed E-state index contributed by atoms with van der Waals surface area (Å²) in [7, 11) is 4.88. The Hall–Kier alpha value is -2.19. The van der Waals surface area contributed by atoms with Gasteiger partial charge in [0.2, 0.25) is 5.75 Å². The number of ether oxygens (including phenoxy) is 3. The van der Waals surface area contributed by atoms with E-state index in [9.17, 15) is 0 Å². The Morgan fingerprint density at radius 2 is 1.62 bits per heavy atom. The number of anilines is 1. The predicted molar refractivity (Wildman–Crippen MR) is 145 cm³/mol. The second-order valence-corrected chi connectivity index (χ2v) is 8.96. The maximum atomic E-state index is 5.54. The fourth-order valence-corrected chi connectivity index (χ4v) is 5.23. The van der Waals surface area contributed by atoms with E-state index < -0.39 is 0 Å². The van der Waals surface area contributed by atoms with Crippen molar-refractivity contribution in [3.05, 3.63) is 53.2 Å². The van der Waals surface area contributed by atoms with Crippen molar-refractivity contribution in [3.8, 4) is 28.4 Å². The van der Waals surface area contributed by atoms with Crippen LogP contribution in [0.3, 0.4) is 0 Å². The Morgan fingerprint density at radius 3 is 2.18 bits per heavy atom. The number of rotatable bonds is 8. The van der Waals surface area contributed by atoms with Crippen LogP contribution in [0.4, 0.5) is 5.00 Å². The maximum absolute atomic E-state index is 5.54. The van der Waals surface area contributed by atoms with Crippen LogP contribution in [0.25, 0.3) is 11.1 Å². The summed E-state index contributed by atoms with van der Waals surface area (Å²) in [6.07, 6.45) is 6.15. The third-order valence-corrected chi connectivity index (χ3v) is 6.98. The second-order valence-electron chi connectivity index (χ2n) is 8.07. The molecule has 1 aromatic carbocycles. The van der Waals surface area contributed by atoms with Crippen molar-refractivity contribution in [3.63, 3.8) is 0 Å². The van der Waals surface area contributed by atoms with Crippen molar-refractivity contribution in [2.24, 2.45) is 0 Å². The zero-order valence-corrected chi connectivity index (χ0v) is 22.4. The molecule has 1 N–H and O–H groups in total. The molecule has 0 spiro atoms. The number of nitrogens with zero attached hydrogens (tertiary/aromatic N) is 2. The summed E-state index contributed by atoms with van der Waals surface area (Å²) in [4.78, 5) is 7.11. The minimum atomic E-state index is 0. The number of thiophene rings is 1. The van der Waals surface area contributed by atoms with Crippen LogP contribution in [0.15, 0.2) is 42.0 Å². The minimum absolute atomic E-state index is 0. The summed E-state index contributed by atoms with van der Waals surface area (Å²) < 4.78 is 16.5. The summed E-state index contributed by atoms with van der Waals surface area (Å²) in [5.74, 6) is 1.86. The lowest BCUT2D eigenvalue weighted by atomic mass is 10.0. The van der Waals surface area contributed by atoms with E-state index in [4.69, 9.17) is 14.2 Å². The molecule has 1 aliphatic heterocycles. The summed E-state index contributed by atoms with van der Waals surface area (Å²) >= 11 is 1.82. The second kappa shape index (κ2) is 13.0. The van der Waals surface area contributed by atoms with Crippen LogP contribution in [0, 0.1) is 6.92 Å². The van der Waals surface area contributed by atoms with Crippen molar-refractivity contribution in [1.29, 1.82) is 0 Å². The first kappa shape index (κ1) is 28.1. The van der Waals surface area contributed by atoms with E-state index in [1.54, 1.807) is 21.3 Å². The highest BCUT2D eigenvalue weighted by Gasteiger charge is 2.23. The first-order valence-corrected chi connectivity index (χ1v) is 11.8. The number of pyridine rings is 1. The molecule has 0 atom stereocenters. The fourth-order valence-electron chi connectivity index (χ4n) is 4.25. The van der Waals surface area contributed by atoms with Gasteiger partial charge in [0, 0.05) is 30.5 Å². The van der Waals surface area contributed by atoms with Crippen molar-refractivity contribution in [2.45, 2.75) is 32.4 Å². The van der Waals surface area contributed by atoms with E-state index in [-0.39, 0.29) is 24.8 Å². The monoisotopic (exact) mass is 525 g/mol. The molecule has 0 amide bonds. The molecule has 0 saturated carbocycles. The summed E-state index contributed by atoms with van der Waals surface area (Å²) in [6, 6.07) is 8.97. The number of benzene rings is 1. The number of hydrogen-bond donors (Lipinski definition) is 1. The highest BCUT2D eigenvalue weighted by molar-refractivity contribution is 7.14. The molecule has 1 saturated heterocycles. The quantitative estimate of drug-likeness (QED) is 0.404. The molecule has 1 aliphatic rings. The molecule has 3 heterocycles. The number of hydrogen-bond acceptors (Lipinski definition) is 7. The van der Waals surface area contributed by atoms with Crippen LogP contribution in [-0.4, -0.2) is 45.4 Å². The SMILES string of the molecule is COc1cc(-c2cncc(CN(c3cc(C)cs3)C3CCNCC3)c2)cc(OC)c1OC.Cl.Cl. The number of aromatic nitrogens is 1. The molecule has 9 heteroatoms. The third-order valence-electron chi connectivity index (χ3n) is 5.90. The zero-order valence-electron chi connectivity index (χ0n) is 20.0. The smallest absolute Gasteiger partial charge is 0.203 e. The average molecular weight is 527 g/mol. The number of nitrogens with one attached hydrogen (secondary N) is 1. The molecule has 186 valence electrons. The Labute approximate surface area is 218 Å². The highest BCUT2D eigenvalue weighted by Crippen LogP contribution is 2.41. The minimum Gasteiger partial charge on any atom is -0.493 e. The maximum Gasteiger partial charge on any atom is 0.203 e. The molecule has 4 rings (SSSR count). The van der Waals surface area contributed by atoms with Crippen LogP contribution in [0.5, 0.6) is 17.2 Å². The van der Waals surface area contributed by atoms with Gasteiger partial charge in [-0.15, -0.1) is 36.2 Å². The molecular weight excluding hydrogens is 493 g/mol. The van der Waals surface area contributed by atoms with E-state index in [2.05, 4.69) is 39.6 Å². The van der Waals surface area contributed by atoms with Gasteiger partial charge in [-0.3, -0.25) is 4.98 Å². The fraction of sp³-hybridized carbons (Fsp3) is 0.400. The van der Waals surface area contributed by atoms with Gasteiger partial charge < -0.3 is 24.4 Å². The molecule has 0 unspecified atom stereocenters. The lowest BCUT2D eigenvalue weighted by molar-refractivity contribution is 0.324. The van der Waals surface area contributed by atoms with Crippen LogP contribution in [-0.2, 0) is 6.54 Å². The zero-order chi connectivity index (χ0) is 22.5. The van der Waals surface area contributed by atoms with Gasteiger partial charge in [0.15, 0.2) is 11.5 Å². The Morgan fingerprint density at radius 1 is 0.941 bits per heavy atom. The van der Waals surface area contributed by atoms with Crippen molar-refractivity contribution < 1.29 is 14.2 Å². The van der Waals surface area contributed by atoms with Gasteiger partial charge in [-0.1, -0.05) is 0 Å². The molecule has 3 aromatic rings. The highest BCUT2D eigenvalue weighted by atomic mass is 35.5. The Bertz CT molecular complexity index is 1030. The van der Waals surface area contributed by atoms with Crippen LogP contribution < -0.4 is 24.4 Å². The Kier molecular flexibility index (Phi) is 10.8. The lowest BCUT2D eigenvalue weighted by Crippen LogP contribution is -2.42. The lowest BCUT2D eigenvalue weighted by Gasteiger charge is -2.35. The Balaban J connectivity index is 0.00000204. The molecule has 0 radical (unpaired) electrons. The van der Waals surface area contributed by atoms with E-state index in [1.165, 1.54) is 16.1 Å². The molecule has 34 heavy (non-hydrogen) atoms. The van der Waals surface area contributed by atoms with Crippen molar-refractivity contribution in [2.75, 3.05) is 39.3 Å². The summed E-state index contributed by atoms with van der Waals surface area (Å²) in [6.45, 7) is 5.12. The first-order chi connectivity index (χ1) is 15.6. The standard InChI is InChI=1S/C25H31N3O3S.2ClH/c1-17-9-24(32-16-17)28(21-5-7-26-8-6-21)15-18-10-20(14-27-13-18)19-11-22(29-2)25(31-4)23(12-19)30-3;;/h9-14,16,21,26H,5-8,15H2,1-4H3;2*1H.